The summed E-state index contributed by atoms with van der Waals surface area (Å²) in [6, 6.07) is 20.1. The average molecular weight is 478 g/mol. The minimum atomic E-state index is -0.0689. The molecule has 35 heavy (non-hydrogen) atoms. The van der Waals surface area contributed by atoms with Gasteiger partial charge in [-0.05, 0) is 83.0 Å². The van der Waals surface area contributed by atoms with Gasteiger partial charge in [-0.15, -0.1) is 0 Å². The van der Waals surface area contributed by atoms with Gasteiger partial charge in [0.25, 0.3) is 0 Å². The number of nitrogens with zero attached hydrogens (tertiary/aromatic N) is 1. The van der Waals surface area contributed by atoms with Gasteiger partial charge in [-0.3, -0.25) is 4.99 Å². The van der Waals surface area contributed by atoms with E-state index in [1.807, 2.05) is 65.2 Å². The van der Waals surface area contributed by atoms with Crippen LogP contribution in [0.3, 0.4) is 0 Å². The summed E-state index contributed by atoms with van der Waals surface area (Å²) in [5.41, 5.74) is 5.88. The van der Waals surface area contributed by atoms with Gasteiger partial charge in [0.05, 0.1) is 0 Å². The summed E-state index contributed by atoms with van der Waals surface area (Å²) >= 11 is 0. The fraction of sp³-hybridized carbons (Fsp3) is 0.207. The Bertz CT molecular complexity index is 1170. The highest BCUT2D eigenvalue weighted by molar-refractivity contribution is 5.82. The lowest BCUT2D eigenvalue weighted by Gasteiger charge is -1.95. The van der Waals surface area contributed by atoms with Gasteiger partial charge in [-0.1, -0.05) is 47.5 Å². The van der Waals surface area contributed by atoms with E-state index in [-0.39, 0.29) is 17.6 Å². The van der Waals surface area contributed by atoms with E-state index in [0.29, 0.717) is 5.75 Å². The van der Waals surface area contributed by atoms with Crippen molar-refractivity contribution < 1.29 is 15.3 Å². The predicted octanol–water partition coefficient (Wildman–Crippen LogP) is 7.75. The van der Waals surface area contributed by atoms with Gasteiger partial charge in [0.2, 0.25) is 0 Å². The number of phenols is 3. The fourth-order valence-corrected chi connectivity index (χ4v) is 2.62. The van der Waals surface area contributed by atoms with Gasteiger partial charge in [0, 0.05) is 29.5 Å². The molecular weight excluding hydrogens is 438 g/mol. The molecule has 4 rings (SSSR count). The maximum Gasteiger partial charge on any atom is 0.157 e. The van der Waals surface area contributed by atoms with Crippen molar-refractivity contribution in [1.82, 2.24) is 11.1 Å². The Balaban J connectivity index is 0.000000441. The minimum absolute atomic E-state index is 0. The van der Waals surface area contributed by atoms with Crippen molar-refractivity contribution in [2.75, 3.05) is 0 Å². The summed E-state index contributed by atoms with van der Waals surface area (Å²) in [5.74, 6) is 0.200. The van der Waals surface area contributed by atoms with Crippen LogP contribution in [0.1, 0.15) is 37.5 Å². The molecular formula is C29H39N3O3. The minimum Gasteiger partial charge on any atom is -0.508 e. The van der Waals surface area contributed by atoms with E-state index in [1.54, 1.807) is 24.4 Å². The Kier molecular flexibility index (Phi) is 14.7. The van der Waals surface area contributed by atoms with Gasteiger partial charge in [-0.2, -0.15) is 0 Å². The molecule has 0 saturated carbocycles. The number of aryl methyl sites for hydroxylation is 3. The molecule has 0 aliphatic rings. The van der Waals surface area contributed by atoms with Crippen LogP contribution in [0.4, 0.5) is 0 Å². The number of fused-ring (bicyclic) bond motifs is 1. The summed E-state index contributed by atoms with van der Waals surface area (Å²) < 4.78 is 0. The van der Waals surface area contributed by atoms with Gasteiger partial charge in [-0.25, -0.2) is 0 Å². The van der Waals surface area contributed by atoms with E-state index in [4.69, 9.17) is 15.3 Å². The number of rotatable bonds is 1. The highest BCUT2D eigenvalue weighted by atomic mass is 16.3. The third kappa shape index (κ3) is 12.7. The van der Waals surface area contributed by atoms with E-state index >= 15 is 0 Å². The number of aromatic hydroxyl groups is 3. The van der Waals surface area contributed by atoms with E-state index in [0.717, 1.165) is 5.56 Å². The van der Waals surface area contributed by atoms with E-state index < -0.39 is 0 Å². The number of phenolic OH excluding ortho intramolecular Hbond substituents is 3. The van der Waals surface area contributed by atoms with Crippen molar-refractivity contribution in [3.8, 4) is 17.2 Å². The SMILES string of the molecule is CC=NC=C(C)C.Cc1c[nH]c2ccccc12.Cc1ccc(O)c(O)c1.Cc1ccc(O)cc1.N. The normalized spacial score (nSPS) is 9.43. The highest BCUT2D eigenvalue weighted by Crippen LogP contribution is 2.24. The van der Waals surface area contributed by atoms with Crippen molar-refractivity contribution in [3.05, 3.63) is 101 Å². The zero-order valence-electron chi connectivity index (χ0n) is 21.6. The topological polar surface area (TPSA) is 124 Å². The molecule has 6 nitrogen and oxygen atoms in total. The number of para-hydroxylation sites is 1. The number of hydrogen-bond acceptors (Lipinski definition) is 5. The largest absolute Gasteiger partial charge is 0.508 e. The molecule has 0 fully saturated rings. The van der Waals surface area contributed by atoms with Crippen LogP contribution in [0.25, 0.3) is 10.9 Å². The number of allylic oxidation sites excluding steroid dienone is 1. The molecule has 7 N–H and O–H groups in total. The molecule has 188 valence electrons. The summed E-state index contributed by atoms with van der Waals surface area (Å²) in [5, 5.41) is 27.7. The van der Waals surface area contributed by atoms with Crippen molar-refractivity contribution in [1.29, 1.82) is 0 Å². The molecule has 0 radical (unpaired) electrons. The Hall–Kier alpha value is -4.03. The van der Waals surface area contributed by atoms with Crippen LogP contribution in [0.15, 0.2) is 89.7 Å². The molecule has 1 heterocycles. The number of aliphatic imine (C=N–C) groups is 1. The first-order chi connectivity index (χ1) is 16.1. The van der Waals surface area contributed by atoms with E-state index in [2.05, 4.69) is 35.1 Å². The molecule has 3 aromatic carbocycles. The van der Waals surface area contributed by atoms with Crippen LogP contribution < -0.4 is 6.15 Å². The van der Waals surface area contributed by atoms with Crippen LogP contribution in [0.2, 0.25) is 0 Å². The number of aromatic nitrogens is 1. The maximum atomic E-state index is 8.85. The number of H-pyrrole nitrogens is 1. The summed E-state index contributed by atoms with van der Waals surface area (Å²) in [7, 11) is 0. The molecule has 0 bridgehead atoms. The van der Waals surface area contributed by atoms with Crippen molar-refractivity contribution >= 4 is 17.1 Å². The van der Waals surface area contributed by atoms with Crippen molar-refractivity contribution in [2.24, 2.45) is 4.99 Å². The molecule has 0 spiro atoms. The molecule has 1 aromatic heterocycles. The quantitative estimate of drug-likeness (QED) is 0.142. The third-order valence-electron chi connectivity index (χ3n) is 4.44. The Morgan fingerprint density at radius 2 is 1.40 bits per heavy atom. The average Bonchev–Trinajstić information content (AvgIpc) is 3.19. The Morgan fingerprint density at radius 1 is 0.800 bits per heavy atom. The van der Waals surface area contributed by atoms with Gasteiger partial charge >= 0.3 is 0 Å². The van der Waals surface area contributed by atoms with Crippen molar-refractivity contribution in [3.63, 3.8) is 0 Å². The lowest BCUT2D eigenvalue weighted by atomic mass is 10.2. The van der Waals surface area contributed by atoms with Crippen LogP contribution in [-0.2, 0) is 0 Å². The van der Waals surface area contributed by atoms with Crippen LogP contribution in [0.5, 0.6) is 17.2 Å². The number of aromatic amines is 1. The lowest BCUT2D eigenvalue weighted by Crippen LogP contribution is -1.70. The number of hydrogen-bond donors (Lipinski definition) is 5. The van der Waals surface area contributed by atoms with E-state index in [9.17, 15) is 0 Å². The van der Waals surface area contributed by atoms with E-state index in [1.165, 1.54) is 39.7 Å². The van der Waals surface area contributed by atoms with Gasteiger partial charge in [0.15, 0.2) is 11.5 Å². The second-order valence-electron chi connectivity index (χ2n) is 7.96. The Morgan fingerprint density at radius 3 is 1.86 bits per heavy atom. The summed E-state index contributed by atoms with van der Waals surface area (Å²) in [6.07, 6.45) is 5.64. The molecule has 0 unspecified atom stereocenters. The zero-order chi connectivity index (χ0) is 25.5. The van der Waals surface area contributed by atoms with Gasteiger partial charge < -0.3 is 26.5 Å². The second-order valence-corrected chi connectivity index (χ2v) is 7.96. The standard InChI is InChI=1S/C9H9N.C7H8O2.C7H8O.C6H11N.H3N/c1-7-6-10-9-5-3-2-4-8(7)9;1-5-2-3-6(8)7(9)4-5;1-6-2-4-7(8)5-3-6;1-4-7-5-6(2)3;/h2-6,10H,1H3;2-4,8-9H,1H3;2-5,8H,1H3;4-5H,1-3H3;1H3. The smallest absolute Gasteiger partial charge is 0.157 e. The number of benzene rings is 3. The van der Waals surface area contributed by atoms with Crippen LogP contribution in [0, 0.1) is 20.8 Å². The van der Waals surface area contributed by atoms with Crippen LogP contribution in [-0.4, -0.2) is 26.5 Å². The highest BCUT2D eigenvalue weighted by Gasteiger charge is 1.95. The molecule has 6 heteroatoms. The lowest BCUT2D eigenvalue weighted by molar-refractivity contribution is 0.403. The van der Waals surface area contributed by atoms with Gasteiger partial charge in [0.1, 0.15) is 5.75 Å². The molecule has 0 atom stereocenters. The fourth-order valence-electron chi connectivity index (χ4n) is 2.62. The molecule has 0 amide bonds. The van der Waals surface area contributed by atoms with Crippen LogP contribution >= 0.6 is 0 Å². The first-order valence-electron chi connectivity index (χ1n) is 11.0. The monoisotopic (exact) mass is 477 g/mol. The second kappa shape index (κ2) is 16.6. The molecule has 0 aliphatic carbocycles. The Labute approximate surface area is 208 Å². The summed E-state index contributed by atoms with van der Waals surface area (Å²) in [4.78, 5) is 7.07. The first kappa shape index (κ1) is 31.0. The molecule has 4 aromatic rings. The van der Waals surface area contributed by atoms with Crippen molar-refractivity contribution in [2.45, 2.75) is 41.5 Å². The number of nitrogens with one attached hydrogen (secondary N) is 1. The maximum absolute atomic E-state index is 8.85. The predicted molar refractivity (Wildman–Crippen MR) is 149 cm³/mol. The molecule has 0 aliphatic heterocycles. The zero-order valence-corrected chi connectivity index (χ0v) is 21.6. The summed E-state index contributed by atoms with van der Waals surface area (Å²) in [6.45, 7) is 11.9. The molecule has 0 saturated heterocycles. The third-order valence-corrected chi connectivity index (χ3v) is 4.44. The first-order valence-corrected chi connectivity index (χ1v) is 11.0.